The van der Waals surface area contributed by atoms with Crippen molar-refractivity contribution in [2.24, 2.45) is 0 Å². The molecule has 7 heteroatoms. The van der Waals surface area contributed by atoms with Crippen LogP contribution in [0.2, 0.25) is 0 Å². The van der Waals surface area contributed by atoms with Crippen LogP contribution in [0, 0.1) is 6.92 Å². The van der Waals surface area contributed by atoms with Crippen LogP contribution in [0.25, 0.3) is 22.6 Å². The van der Waals surface area contributed by atoms with Crippen molar-refractivity contribution >= 4 is 11.7 Å². The molecule has 1 N–H and O–H groups in total. The SMILES string of the molecule is Cc1ccc(-c2ccc3c(c2)C(=O)Nc2cccc(n2)-c2nccn2[C@H](C)CCOC3)cn1. The Morgan fingerprint density at radius 1 is 1.09 bits per heavy atom. The molecule has 2 bridgehead atoms. The van der Waals surface area contributed by atoms with Gasteiger partial charge in [-0.3, -0.25) is 9.78 Å². The second-order valence-electron chi connectivity index (χ2n) is 8.27. The van der Waals surface area contributed by atoms with Gasteiger partial charge in [-0.15, -0.1) is 0 Å². The van der Waals surface area contributed by atoms with E-state index in [1.807, 2.05) is 61.8 Å². The van der Waals surface area contributed by atoms with Gasteiger partial charge in [-0.05, 0) is 55.7 Å². The van der Waals surface area contributed by atoms with E-state index in [4.69, 9.17) is 4.74 Å². The van der Waals surface area contributed by atoms with E-state index in [1.165, 1.54) is 0 Å². The molecular formula is C26H25N5O2. The molecule has 166 valence electrons. The van der Waals surface area contributed by atoms with Crippen molar-refractivity contribution in [1.29, 1.82) is 0 Å². The zero-order valence-corrected chi connectivity index (χ0v) is 18.7. The van der Waals surface area contributed by atoms with Crippen molar-refractivity contribution < 1.29 is 9.53 Å². The summed E-state index contributed by atoms with van der Waals surface area (Å²) in [7, 11) is 0. The molecule has 33 heavy (non-hydrogen) atoms. The minimum Gasteiger partial charge on any atom is -0.377 e. The Morgan fingerprint density at radius 3 is 2.82 bits per heavy atom. The molecule has 0 saturated carbocycles. The van der Waals surface area contributed by atoms with Gasteiger partial charge in [0.15, 0.2) is 5.82 Å². The number of hydrogen-bond acceptors (Lipinski definition) is 5. The monoisotopic (exact) mass is 439 g/mol. The molecule has 1 aliphatic rings. The highest BCUT2D eigenvalue weighted by molar-refractivity contribution is 6.05. The van der Waals surface area contributed by atoms with Crippen LogP contribution in [-0.2, 0) is 11.3 Å². The van der Waals surface area contributed by atoms with Crippen molar-refractivity contribution in [1.82, 2.24) is 19.5 Å². The van der Waals surface area contributed by atoms with Gasteiger partial charge in [-0.25, -0.2) is 9.97 Å². The van der Waals surface area contributed by atoms with E-state index in [-0.39, 0.29) is 11.9 Å². The quantitative estimate of drug-likeness (QED) is 0.449. The van der Waals surface area contributed by atoms with E-state index < -0.39 is 0 Å². The highest BCUT2D eigenvalue weighted by Gasteiger charge is 2.18. The lowest BCUT2D eigenvalue weighted by Gasteiger charge is -2.18. The molecule has 1 atom stereocenters. The summed E-state index contributed by atoms with van der Waals surface area (Å²) in [5, 5.41) is 2.96. The largest absolute Gasteiger partial charge is 0.377 e. The smallest absolute Gasteiger partial charge is 0.257 e. The van der Waals surface area contributed by atoms with Crippen molar-refractivity contribution in [3.05, 3.63) is 83.9 Å². The number of rotatable bonds is 1. The van der Waals surface area contributed by atoms with Gasteiger partial charge in [-0.1, -0.05) is 24.3 Å². The number of benzene rings is 1. The highest BCUT2D eigenvalue weighted by atomic mass is 16.5. The zero-order chi connectivity index (χ0) is 22.8. The Balaban J connectivity index is 1.55. The van der Waals surface area contributed by atoms with Crippen LogP contribution in [0.1, 0.15) is 41.0 Å². The number of amides is 1. The molecule has 0 radical (unpaired) electrons. The number of hydrogen-bond donors (Lipinski definition) is 1. The van der Waals surface area contributed by atoms with E-state index >= 15 is 0 Å². The van der Waals surface area contributed by atoms with E-state index in [0.717, 1.165) is 34.6 Å². The number of nitrogens with one attached hydrogen (secondary N) is 1. The Labute approximate surface area is 192 Å². The number of aryl methyl sites for hydroxylation is 1. The molecule has 1 aromatic carbocycles. The highest BCUT2D eigenvalue weighted by Crippen LogP contribution is 2.26. The number of aromatic nitrogens is 4. The first-order valence-electron chi connectivity index (χ1n) is 11.0. The van der Waals surface area contributed by atoms with Crippen LogP contribution in [0.15, 0.2) is 67.1 Å². The van der Waals surface area contributed by atoms with Crippen molar-refractivity contribution in [3.63, 3.8) is 0 Å². The van der Waals surface area contributed by atoms with Gasteiger partial charge in [0, 0.05) is 48.1 Å². The van der Waals surface area contributed by atoms with Crippen LogP contribution >= 0.6 is 0 Å². The number of pyridine rings is 2. The number of carbonyl (C=O) groups excluding carboxylic acids is 1. The average Bonchev–Trinajstić information content (AvgIpc) is 3.32. The van der Waals surface area contributed by atoms with Crippen LogP contribution in [0.5, 0.6) is 0 Å². The maximum Gasteiger partial charge on any atom is 0.257 e. The first kappa shape index (κ1) is 21.0. The summed E-state index contributed by atoms with van der Waals surface area (Å²) in [6.07, 6.45) is 6.37. The molecule has 1 amide bonds. The standard InChI is InChI=1S/C26H25N5O2/c1-17-6-7-20(15-28-17)19-8-9-21-16-33-13-10-18(2)31-12-11-27-25(31)23-4-3-5-24(29-23)30-26(32)22(21)14-19/h3-9,11-12,14-15,18H,10,13,16H2,1-2H3,(H,29,30,32)/t18-/m1/s1. The van der Waals surface area contributed by atoms with Crippen LogP contribution in [0.4, 0.5) is 5.82 Å². The molecule has 5 rings (SSSR count). The second-order valence-corrected chi connectivity index (χ2v) is 8.27. The maximum absolute atomic E-state index is 13.3. The van der Waals surface area contributed by atoms with Crippen LogP contribution in [0.3, 0.4) is 0 Å². The summed E-state index contributed by atoms with van der Waals surface area (Å²) in [4.78, 5) is 26.9. The first-order valence-corrected chi connectivity index (χ1v) is 11.0. The second kappa shape index (κ2) is 8.96. The predicted octanol–water partition coefficient (Wildman–Crippen LogP) is 5.05. The molecule has 0 fully saturated rings. The first-order chi connectivity index (χ1) is 16.1. The number of carbonyl (C=O) groups is 1. The van der Waals surface area contributed by atoms with Gasteiger partial charge in [0.1, 0.15) is 11.5 Å². The lowest BCUT2D eigenvalue weighted by Crippen LogP contribution is -2.17. The fraction of sp³-hybridized carbons (Fsp3) is 0.231. The zero-order valence-electron chi connectivity index (χ0n) is 18.7. The van der Waals surface area contributed by atoms with Crippen molar-refractivity contribution in [2.45, 2.75) is 32.9 Å². The fourth-order valence-electron chi connectivity index (χ4n) is 3.99. The Morgan fingerprint density at radius 2 is 1.97 bits per heavy atom. The van der Waals surface area contributed by atoms with E-state index in [0.29, 0.717) is 30.3 Å². The molecule has 0 unspecified atom stereocenters. The normalized spacial score (nSPS) is 16.3. The molecule has 4 aromatic rings. The lowest BCUT2D eigenvalue weighted by atomic mass is 9.99. The number of imidazole rings is 1. The summed E-state index contributed by atoms with van der Waals surface area (Å²) in [5.41, 5.74) is 4.94. The van der Waals surface area contributed by atoms with Crippen molar-refractivity contribution in [2.75, 3.05) is 11.9 Å². The van der Waals surface area contributed by atoms with Gasteiger partial charge in [0.2, 0.25) is 0 Å². The summed E-state index contributed by atoms with van der Waals surface area (Å²) >= 11 is 0. The average molecular weight is 440 g/mol. The fourth-order valence-corrected chi connectivity index (χ4v) is 3.99. The van der Waals surface area contributed by atoms with Gasteiger partial charge < -0.3 is 14.6 Å². The minimum absolute atomic E-state index is 0.196. The van der Waals surface area contributed by atoms with E-state index in [1.54, 1.807) is 12.3 Å². The summed E-state index contributed by atoms with van der Waals surface area (Å²) in [6, 6.07) is 15.6. The number of ether oxygens (including phenoxy) is 1. The molecule has 0 aliphatic carbocycles. The molecule has 1 aliphatic heterocycles. The molecule has 7 nitrogen and oxygen atoms in total. The van der Waals surface area contributed by atoms with Crippen molar-refractivity contribution in [3.8, 4) is 22.6 Å². The van der Waals surface area contributed by atoms with E-state index in [2.05, 4.69) is 31.8 Å². The number of anilines is 1. The van der Waals surface area contributed by atoms with Gasteiger partial charge in [0.05, 0.1) is 6.61 Å². The number of fused-ring (bicyclic) bond motifs is 5. The third kappa shape index (κ3) is 4.40. The molecular weight excluding hydrogens is 414 g/mol. The third-order valence-corrected chi connectivity index (χ3v) is 5.90. The van der Waals surface area contributed by atoms with Gasteiger partial charge in [0.25, 0.3) is 5.91 Å². The summed E-state index contributed by atoms with van der Waals surface area (Å²) in [6.45, 7) is 5.01. The third-order valence-electron chi connectivity index (χ3n) is 5.90. The summed E-state index contributed by atoms with van der Waals surface area (Å²) in [5.74, 6) is 1.02. The molecule has 4 heterocycles. The Kier molecular flexibility index (Phi) is 5.71. The van der Waals surface area contributed by atoms with Gasteiger partial charge in [-0.2, -0.15) is 0 Å². The Hall–Kier alpha value is -3.84. The Bertz CT molecular complexity index is 1300. The van der Waals surface area contributed by atoms with Crippen LogP contribution in [-0.4, -0.2) is 32.0 Å². The molecule has 0 saturated heterocycles. The molecule has 0 spiro atoms. The predicted molar refractivity (Wildman–Crippen MR) is 127 cm³/mol. The lowest BCUT2D eigenvalue weighted by molar-refractivity contribution is 0.0990. The van der Waals surface area contributed by atoms with E-state index in [9.17, 15) is 4.79 Å². The maximum atomic E-state index is 13.3. The molecule has 3 aromatic heterocycles. The minimum atomic E-state index is -0.228. The topological polar surface area (TPSA) is 81.9 Å². The van der Waals surface area contributed by atoms with Crippen LogP contribution < -0.4 is 5.32 Å². The van der Waals surface area contributed by atoms with Gasteiger partial charge >= 0.3 is 0 Å². The summed E-state index contributed by atoms with van der Waals surface area (Å²) < 4.78 is 8.08. The number of nitrogens with zero attached hydrogens (tertiary/aromatic N) is 4.